The molecule has 70 valence electrons. The molecule has 1 heterocycles. The molecule has 0 saturated carbocycles. The molecule has 0 spiro atoms. The molecule has 0 saturated heterocycles. The quantitative estimate of drug-likeness (QED) is 0.726. The maximum Gasteiger partial charge on any atom is 0.356 e. The van der Waals surface area contributed by atoms with E-state index in [1.165, 1.54) is 6.92 Å². The molecule has 1 aromatic heterocycles. The predicted molar refractivity (Wildman–Crippen MR) is 45.3 cm³/mol. The summed E-state index contributed by atoms with van der Waals surface area (Å²) in [7, 11) is 0. The second-order valence-electron chi connectivity index (χ2n) is 2.39. The Labute approximate surface area is 78.1 Å². The van der Waals surface area contributed by atoms with Gasteiger partial charge in [-0.25, -0.2) is 14.2 Å². The first kappa shape index (κ1) is 9.73. The van der Waals surface area contributed by atoms with Gasteiger partial charge in [-0.05, 0) is 6.92 Å². The van der Waals surface area contributed by atoms with Gasteiger partial charge in [0.2, 0.25) is 0 Å². The number of rotatable bonds is 1. The largest absolute Gasteiger partial charge is 0.476 e. The summed E-state index contributed by atoms with van der Waals surface area (Å²) in [4.78, 5) is 14.0. The van der Waals surface area contributed by atoms with E-state index in [2.05, 4.69) is 4.98 Å². The third-order valence-electron chi connectivity index (χ3n) is 1.48. The monoisotopic (exact) mass is 204 g/mol. The van der Waals surface area contributed by atoms with E-state index in [-0.39, 0.29) is 16.4 Å². The van der Waals surface area contributed by atoms with Crippen LogP contribution in [-0.2, 0) is 0 Å². The van der Waals surface area contributed by atoms with Crippen LogP contribution in [0.2, 0.25) is 5.02 Å². The molecule has 0 atom stereocenters. The van der Waals surface area contributed by atoms with Crippen molar-refractivity contribution in [2.24, 2.45) is 0 Å². The van der Waals surface area contributed by atoms with E-state index in [0.29, 0.717) is 0 Å². The number of nitrogens with zero attached hydrogens (tertiary/aromatic N) is 1. The third-order valence-corrected chi connectivity index (χ3v) is 1.86. The summed E-state index contributed by atoms with van der Waals surface area (Å²) in [6.07, 6.45) is 0. The van der Waals surface area contributed by atoms with Gasteiger partial charge in [0.05, 0.1) is 16.4 Å². The number of hydrogen-bond acceptors (Lipinski definition) is 3. The van der Waals surface area contributed by atoms with Crippen LogP contribution in [0.15, 0.2) is 0 Å². The van der Waals surface area contributed by atoms with Gasteiger partial charge < -0.3 is 10.8 Å². The van der Waals surface area contributed by atoms with Gasteiger partial charge in [0, 0.05) is 0 Å². The number of anilines is 1. The Morgan fingerprint density at radius 1 is 1.69 bits per heavy atom. The molecule has 4 nitrogen and oxygen atoms in total. The minimum absolute atomic E-state index is 0.0840. The van der Waals surface area contributed by atoms with Crippen LogP contribution < -0.4 is 5.73 Å². The van der Waals surface area contributed by atoms with Crippen molar-refractivity contribution in [2.45, 2.75) is 6.92 Å². The summed E-state index contributed by atoms with van der Waals surface area (Å²) in [6, 6.07) is 0. The Morgan fingerprint density at radius 2 is 2.23 bits per heavy atom. The van der Waals surface area contributed by atoms with Gasteiger partial charge in [-0.3, -0.25) is 0 Å². The van der Waals surface area contributed by atoms with Crippen molar-refractivity contribution in [1.82, 2.24) is 4.98 Å². The highest BCUT2D eigenvalue weighted by molar-refractivity contribution is 6.35. The van der Waals surface area contributed by atoms with Crippen LogP contribution in [0.1, 0.15) is 16.2 Å². The molecule has 0 aliphatic rings. The standard InChI is InChI=1S/C7H6ClFN2O2/c1-2-4(9)5(10)3(8)6(11-2)7(12)13/h1H3,(H2,10,11)(H,12,13). The first-order valence-electron chi connectivity index (χ1n) is 3.29. The highest BCUT2D eigenvalue weighted by Crippen LogP contribution is 2.26. The number of hydrogen-bond donors (Lipinski definition) is 2. The van der Waals surface area contributed by atoms with Crippen molar-refractivity contribution in [3.05, 3.63) is 22.2 Å². The molecular weight excluding hydrogens is 199 g/mol. The number of nitrogen functional groups attached to an aromatic ring is 1. The van der Waals surface area contributed by atoms with Gasteiger partial charge in [-0.15, -0.1) is 0 Å². The Balaban J connectivity index is 3.50. The second kappa shape index (κ2) is 3.18. The van der Waals surface area contributed by atoms with E-state index >= 15 is 0 Å². The van der Waals surface area contributed by atoms with Crippen molar-refractivity contribution >= 4 is 23.3 Å². The first-order valence-corrected chi connectivity index (χ1v) is 3.67. The number of aromatic carboxylic acids is 1. The summed E-state index contributed by atoms with van der Waals surface area (Å²) in [5.74, 6) is -2.12. The second-order valence-corrected chi connectivity index (χ2v) is 2.77. The highest BCUT2D eigenvalue weighted by atomic mass is 35.5. The van der Waals surface area contributed by atoms with Gasteiger partial charge in [0.15, 0.2) is 11.5 Å². The molecule has 1 aromatic rings. The zero-order chi connectivity index (χ0) is 10.2. The number of pyridine rings is 1. The van der Waals surface area contributed by atoms with Gasteiger partial charge in [-0.1, -0.05) is 11.6 Å². The zero-order valence-electron chi connectivity index (χ0n) is 6.64. The van der Waals surface area contributed by atoms with Crippen LogP contribution >= 0.6 is 11.6 Å². The smallest absolute Gasteiger partial charge is 0.356 e. The molecule has 0 radical (unpaired) electrons. The van der Waals surface area contributed by atoms with Gasteiger partial charge in [0.1, 0.15) is 0 Å². The Morgan fingerprint density at radius 3 is 2.69 bits per heavy atom. The van der Waals surface area contributed by atoms with Crippen LogP contribution in [-0.4, -0.2) is 16.1 Å². The first-order chi connectivity index (χ1) is 5.95. The molecule has 0 aliphatic heterocycles. The van der Waals surface area contributed by atoms with Crippen LogP contribution in [0.3, 0.4) is 0 Å². The summed E-state index contributed by atoms with van der Waals surface area (Å²) in [5, 5.41) is 8.22. The van der Waals surface area contributed by atoms with E-state index in [0.717, 1.165) is 0 Å². The number of halogens is 2. The summed E-state index contributed by atoms with van der Waals surface area (Å²) in [6.45, 7) is 1.31. The number of carbonyl (C=O) groups is 1. The van der Waals surface area contributed by atoms with Gasteiger partial charge >= 0.3 is 5.97 Å². The molecule has 6 heteroatoms. The molecule has 0 amide bonds. The van der Waals surface area contributed by atoms with Gasteiger partial charge in [0.25, 0.3) is 0 Å². The minimum Gasteiger partial charge on any atom is -0.476 e. The molecule has 0 aromatic carbocycles. The van der Waals surface area contributed by atoms with Crippen LogP contribution in [0, 0.1) is 12.7 Å². The van der Waals surface area contributed by atoms with Crippen molar-refractivity contribution in [3.63, 3.8) is 0 Å². The maximum atomic E-state index is 13.0. The van der Waals surface area contributed by atoms with E-state index in [4.69, 9.17) is 22.4 Å². The lowest BCUT2D eigenvalue weighted by Crippen LogP contribution is -2.08. The topological polar surface area (TPSA) is 76.2 Å². The fourth-order valence-electron chi connectivity index (χ4n) is 0.826. The predicted octanol–water partition coefficient (Wildman–Crippen LogP) is 1.46. The van der Waals surface area contributed by atoms with Crippen molar-refractivity contribution < 1.29 is 14.3 Å². The van der Waals surface area contributed by atoms with E-state index in [9.17, 15) is 9.18 Å². The van der Waals surface area contributed by atoms with Crippen LogP contribution in [0.5, 0.6) is 0 Å². The summed E-state index contributed by atoms with van der Waals surface area (Å²) < 4.78 is 13.0. The molecule has 0 unspecified atom stereocenters. The fourth-order valence-corrected chi connectivity index (χ4v) is 1.03. The molecule has 1 rings (SSSR count). The highest BCUT2D eigenvalue weighted by Gasteiger charge is 2.18. The van der Waals surface area contributed by atoms with Crippen molar-refractivity contribution in [3.8, 4) is 0 Å². The average Bonchev–Trinajstić information content (AvgIpc) is 2.07. The summed E-state index contributed by atoms with van der Waals surface area (Å²) in [5.41, 5.74) is 4.31. The number of aromatic nitrogens is 1. The Kier molecular flexibility index (Phi) is 2.38. The Hall–Kier alpha value is -1.36. The molecular formula is C7H6ClFN2O2. The number of carboxylic acids is 1. The molecule has 13 heavy (non-hydrogen) atoms. The van der Waals surface area contributed by atoms with Crippen LogP contribution in [0.4, 0.5) is 10.1 Å². The minimum atomic E-state index is -1.33. The maximum absolute atomic E-state index is 13.0. The molecule has 3 N–H and O–H groups in total. The number of aryl methyl sites for hydroxylation is 1. The molecule has 0 bridgehead atoms. The lowest BCUT2D eigenvalue weighted by atomic mass is 10.2. The average molecular weight is 205 g/mol. The third kappa shape index (κ3) is 1.55. The zero-order valence-corrected chi connectivity index (χ0v) is 7.39. The lowest BCUT2D eigenvalue weighted by molar-refractivity contribution is 0.0690. The molecule has 0 fully saturated rings. The Bertz CT molecular complexity index is 381. The van der Waals surface area contributed by atoms with Crippen molar-refractivity contribution in [2.75, 3.05) is 5.73 Å². The van der Waals surface area contributed by atoms with E-state index in [1.54, 1.807) is 0 Å². The fraction of sp³-hybridized carbons (Fsp3) is 0.143. The molecule has 0 aliphatic carbocycles. The lowest BCUT2D eigenvalue weighted by Gasteiger charge is -2.05. The van der Waals surface area contributed by atoms with E-state index in [1.807, 2.05) is 0 Å². The van der Waals surface area contributed by atoms with Gasteiger partial charge in [-0.2, -0.15) is 0 Å². The number of carboxylic acid groups (broad SMARTS) is 1. The SMILES string of the molecule is Cc1nc(C(=O)O)c(Cl)c(N)c1F. The normalized spacial score (nSPS) is 10.1. The number of nitrogens with two attached hydrogens (primary N) is 1. The van der Waals surface area contributed by atoms with Crippen molar-refractivity contribution in [1.29, 1.82) is 0 Å². The van der Waals surface area contributed by atoms with E-state index < -0.39 is 17.5 Å². The van der Waals surface area contributed by atoms with Crippen LogP contribution in [0.25, 0.3) is 0 Å². The summed E-state index contributed by atoms with van der Waals surface area (Å²) >= 11 is 5.46.